The number of sulfone groups is 1. The zero-order chi connectivity index (χ0) is 28.9. The minimum Gasteiger partial charge on any atom is -0.462 e. The summed E-state index contributed by atoms with van der Waals surface area (Å²) in [6, 6.07) is 7.22. The number of esters is 1. The van der Waals surface area contributed by atoms with Crippen LogP contribution in [0.1, 0.15) is 38.8 Å². The van der Waals surface area contributed by atoms with Crippen molar-refractivity contribution in [1.29, 1.82) is 0 Å². The monoisotopic (exact) mass is 582 g/mol. The SMILES string of the molecule is CC1=NC(=O)N(CCCNCS(=O)(=O)c2ccc(F)c(Cl)c2)C(c2cccc([N+](=O)[O-])c2)C1C(=O)OC(C)C. The fourth-order valence-electron chi connectivity index (χ4n) is 4.18. The maximum atomic E-state index is 13.4. The second kappa shape index (κ2) is 12.6. The highest BCUT2D eigenvalue weighted by molar-refractivity contribution is 7.91. The number of carbonyl (C=O) groups excluding carboxylic acids is 2. The first-order valence-electron chi connectivity index (χ1n) is 12.0. The van der Waals surface area contributed by atoms with Crippen molar-refractivity contribution in [3.05, 3.63) is 69.0 Å². The lowest BCUT2D eigenvalue weighted by Gasteiger charge is -2.38. The summed E-state index contributed by atoms with van der Waals surface area (Å²) in [6.07, 6.45) is -0.179. The van der Waals surface area contributed by atoms with Gasteiger partial charge < -0.3 is 15.0 Å². The first-order chi connectivity index (χ1) is 18.3. The molecule has 1 aliphatic rings. The zero-order valence-electron chi connectivity index (χ0n) is 21.5. The number of nitro groups is 1. The van der Waals surface area contributed by atoms with Gasteiger partial charge in [0.1, 0.15) is 17.6 Å². The number of nitrogens with one attached hydrogen (secondary N) is 1. The van der Waals surface area contributed by atoms with Gasteiger partial charge in [0.2, 0.25) is 0 Å². The molecule has 11 nitrogen and oxygen atoms in total. The van der Waals surface area contributed by atoms with Crippen molar-refractivity contribution >= 4 is 44.8 Å². The van der Waals surface area contributed by atoms with Gasteiger partial charge in [0.15, 0.2) is 9.84 Å². The Kier molecular flexibility index (Phi) is 9.75. The van der Waals surface area contributed by atoms with Crippen molar-refractivity contribution in [2.24, 2.45) is 10.9 Å². The third kappa shape index (κ3) is 7.37. The van der Waals surface area contributed by atoms with Crippen molar-refractivity contribution < 1.29 is 32.1 Å². The summed E-state index contributed by atoms with van der Waals surface area (Å²) in [5.41, 5.74) is 0.380. The average molecular weight is 583 g/mol. The van der Waals surface area contributed by atoms with Crippen LogP contribution < -0.4 is 5.32 Å². The van der Waals surface area contributed by atoms with Crippen LogP contribution in [-0.2, 0) is 19.4 Å². The summed E-state index contributed by atoms with van der Waals surface area (Å²) < 4.78 is 43.9. The molecule has 2 aromatic rings. The van der Waals surface area contributed by atoms with Crippen LogP contribution in [0.3, 0.4) is 0 Å². The Labute approximate surface area is 230 Å². The number of amides is 2. The van der Waals surface area contributed by atoms with Gasteiger partial charge in [0.05, 0.1) is 27.0 Å². The third-order valence-electron chi connectivity index (χ3n) is 5.94. The van der Waals surface area contributed by atoms with Crippen LogP contribution in [-0.4, -0.2) is 61.0 Å². The Morgan fingerprint density at radius 3 is 2.64 bits per heavy atom. The minimum atomic E-state index is -3.81. The predicted molar refractivity (Wildman–Crippen MR) is 142 cm³/mol. The topological polar surface area (TPSA) is 148 Å². The molecule has 0 saturated heterocycles. The summed E-state index contributed by atoms with van der Waals surface area (Å²) in [5.74, 6) is -2.81. The Bertz CT molecular complexity index is 1400. The summed E-state index contributed by atoms with van der Waals surface area (Å²) in [4.78, 5) is 42.0. The molecule has 39 heavy (non-hydrogen) atoms. The van der Waals surface area contributed by atoms with E-state index in [-0.39, 0.29) is 40.8 Å². The average Bonchev–Trinajstić information content (AvgIpc) is 2.85. The van der Waals surface area contributed by atoms with E-state index in [2.05, 4.69) is 10.3 Å². The van der Waals surface area contributed by atoms with Crippen LogP contribution in [0.4, 0.5) is 14.9 Å². The number of nitro benzene ring substituents is 1. The third-order valence-corrected chi connectivity index (χ3v) is 7.79. The van der Waals surface area contributed by atoms with Crippen LogP contribution in [0.25, 0.3) is 0 Å². The number of hydrogen-bond donors (Lipinski definition) is 1. The molecular weight excluding hydrogens is 555 g/mol. The van der Waals surface area contributed by atoms with Gasteiger partial charge in [0.25, 0.3) is 5.69 Å². The summed E-state index contributed by atoms with van der Waals surface area (Å²) in [5, 5.41) is 13.9. The molecule has 0 spiro atoms. The number of urea groups is 1. The van der Waals surface area contributed by atoms with E-state index in [0.717, 1.165) is 18.2 Å². The molecule has 0 aliphatic carbocycles. The number of aliphatic imine (C=N–C) groups is 1. The number of rotatable bonds is 11. The van der Waals surface area contributed by atoms with Crippen molar-refractivity contribution in [1.82, 2.24) is 10.2 Å². The number of nitrogens with zero attached hydrogens (tertiary/aromatic N) is 3. The Morgan fingerprint density at radius 1 is 1.28 bits per heavy atom. The summed E-state index contributed by atoms with van der Waals surface area (Å²) >= 11 is 5.69. The van der Waals surface area contributed by atoms with Gasteiger partial charge in [0, 0.05) is 24.4 Å². The number of benzene rings is 2. The predicted octanol–water partition coefficient (Wildman–Crippen LogP) is 4.30. The van der Waals surface area contributed by atoms with E-state index in [4.69, 9.17) is 16.3 Å². The van der Waals surface area contributed by atoms with Crippen molar-refractivity contribution in [3.63, 3.8) is 0 Å². The summed E-state index contributed by atoms with van der Waals surface area (Å²) in [7, 11) is -3.81. The number of carbonyl (C=O) groups is 2. The van der Waals surface area contributed by atoms with Gasteiger partial charge in [-0.2, -0.15) is 0 Å². The van der Waals surface area contributed by atoms with Gasteiger partial charge in [-0.25, -0.2) is 22.6 Å². The maximum Gasteiger partial charge on any atom is 0.344 e. The van der Waals surface area contributed by atoms with E-state index in [0.29, 0.717) is 5.56 Å². The highest BCUT2D eigenvalue weighted by Crippen LogP contribution is 2.36. The molecule has 2 unspecified atom stereocenters. The van der Waals surface area contributed by atoms with E-state index in [1.54, 1.807) is 19.9 Å². The number of halogens is 2. The lowest BCUT2D eigenvalue weighted by atomic mass is 9.86. The van der Waals surface area contributed by atoms with Gasteiger partial charge in [-0.1, -0.05) is 23.7 Å². The van der Waals surface area contributed by atoms with Gasteiger partial charge in [-0.15, -0.1) is 0 Å². The fourth-order valence-corrected chi connectivity index (χ4v) is 5.58. The fraction of sp³-hybridized carbons (Fsp3) is 0.400. The first-order valence-corrected chi connectivity index (χ1v) is 14.0. The molecule has 2 atom stereocenters. The molecule has 0 saturated carbocycles. The van der Waals surface area contributed by atoms with Crippen LogP contribution >= 0.6 is 11.6 Å². The van der Waals surface area contributed by atoms with Gasteiger partial charge in [-0.3, -0.25) is 14.9 Å². The second-order valence-electron chi connectivity index (χ2n) is 9.18. The van der Waals surface area contributed by atoms with Crippen molar-refractivity contribution in [3.8, 4) is 0 Å². The van der Waals surface area contributed by atoms with Crippen LogP contribution in [0, 0.1) is 21.8 Å². The second-order valence-corrected chi connectivity index (χ2v) is 11.6. The largest absolute Gasteiger partial charge is 0.462 e. The van der Waals surface area contributed by atoms with Gasteiger partial charge in [-0.05, 0) is 57.5 Å². The van der Waals surface area contributed by atoms with Crippen LogP contribution in [0.5, 0.6) is 0 Å². The molecule has 2 amide bonds. The number of ether oxygens (including phenoxy) is 1. The number of non-ortho nitro benzene ring substituents is 1. The van der Waals surface area contributed by atoms with E-state index in [9.17, 15) is 32.5 Å². The quantitative estimate of drug-likeness (QED) is 0.135. The summed E-state index contributed by atoms with van der Waals surface area (Å²) in [6.45, 7) is 5.10. The van der Waals surface area contributed by atoms with E-state index in [1.807, 2.05) is 0 Å². The Hall–Kier alpha value is -3.42. The van der Waals surface area contributed by atoms with Gasteiger partial charge >= 0.3 is 12.0 Å². The minimum absolute atomic E-state index is 0.0594. The first kappa shape index (κ1) is 30.1. The number of hydrogen-bond acceptors (Lipinski definition) is 8. The molecule has 3 rings (SSSR count). The van der Waals surface area contributed by atoms with E-state index in [1.165, 1.54) is 30.0 Å². The lowest BCUT2D eigenvalue weighted by molar-refractivity contribution is -0.385. The molecule has 0 bridgehead atoms. The van der Waals surface area contributed by atoms with Crippen LogP contribution in [0.15, 0.2) is 52.4 Å². The molecule has 0 radical (unpaired) electrons. The zero-order valence-corrected chi connectivity index (χ0v) is 23.0. The Morgan fingerprint density at radius 2 is 2.00 bits per heavy atom. The van der Waals surface area contributed by atoms with E-state index < -0.39 is 56.5 Å². The molecule has 0 fully saturated rings. The smallest absolute Gasteiger partial charge is 0.344 e. The van der Waals surface area contributed by atoms with Crippen LogP contribution in [0.2, 0.25) is 5.02 Å². The van der Waals surface area contributed by atoms with E-state index >= 15 is 0 Å². The molecule has 1 heterocycles. The maximum absolute atomic E-state index is 13.4. The molecule has 0 aromatic heterocycles. The Balaban J connectivity index is 1.78. The highest BCUT2D eigenvalue weighted by Gasteiger charge is 2.43. The molecule has 1 N–H and O–H groups in total. The van der Waals surface area contributed by atoms with Crippen molar-refractivity contribution in [2.75, 3.05) is 19.0 Å². The molecule has 210 valence electrons. The molecular formula is C25H28ClFN4O7S. The van der Waals surface area contributed by atoms with Crippen molar-refractivity contribution in [2.45, 2.75) is 44.2 Å². The lowest BCUT2D eigenvalue weighted by Crippen LogP contribution is -2.48. The highest BCUT2D eigenvalue weighted by atomic mass is 35.5. The normalized spacial score (nSPS) is 17.7. The molecule has 2 aromatic carbocycles. The molecule has 1 aliphatic heterocycles. The standard InChI is InChI=1S/C25H28ClFN4O7S/c1-15(2)38-24(32)22-16(3)29-25(33)30(23(22)17-6-4-7-18(12-17)31(34)35)11-5-10-28-14-39(36,37)19-8-9-21(27)20(26)13-19/h4,6-9,12-13,15,22-23,28H,5,10-11,14H2,1-3H3. The molecule has 14 heteroatoms.